The summed E-state index contributed by atoms with van der Waals surface area (Å²) >= 11 is 8.51. The van der Waals surface area contributed by atoms with E-state index >= 15 is 0 Å². The Labute approximate surface area is 125 Å². The van der Waals surface area contributed by atoms with Gasteiger partial charge in [0.15, 0.2) is 0 Å². The molecule has 2 aromatic rings. The average molecular weight is 374 g/mol. The minimum Gasteiger partial charge on any atom is -0.352 e. The van der Waals surface area contributed by atoms with E-state index in [2.05, 4.69) is 39.5 Å². The fourth-order valence-electron chi connectivity index (χ4n) is 1.64. The van der Waals surface area contributed by atoms with E-state index in [1.54, 1.807) is 6.08 Å². The first-order chi connectivity index (χ1) is 8.61. The van der Waals surface area contributed by atoms with Crippen LogP contribution in [-0.2, 0) is 0 Å². The van der Waals surface area contributed by atoms with Crippen molar-refractivity contribution in [3.05, 3.63) is 51.3 Å². The maximum Gasteiger partial charge on any atom is 0.208 e. The van der Waals surface area contributed by atoms with Crippen LogP contribution in [0, 0.1) is 10.5 Å². The first-order valence-corrected chi connectivity index (χ1v) is 6.93. The third kappa shape index (κ3) is 2.87. The highest BCUT2D eigenvalue weighted by Gasteiger charge is 2.10. The second-order valence-electron chi connectivity index (χ2n) is 3.84. The number of nitrogens with zero attached hydrogens (tertiary/aromatic N) is 2. The normalized spacial score (nSPS) is 10.4. The molecule has 0 atom stereocenters. The van der Waals surface area contributed by atoms with E-state index in [0.29, 0.717) is 11.6 Å². The number of aryl methyl sites for hydroxylation is 1. The Bertz CT molecular complexity index is 578. The number of imidazole rings is 1. The molecular formula is C13H13ClIN3. The molecule has 1 aromatic heterocycles. The van der Waals surface area contributed by atoms with Crippen molar-refractivity contribution in [1.82, 2.24) is 9.55 Å². The Balaban J connectivity index is 2.48. The zero-order chi connectivity index (χ0) is 13.1. The summed E-state index contributed by atoms with van der Waals surface area (Å²) in [5.74, 6) is 0.774. The van der Waals surface area contributed by atoms with Gasteiger partial charge in [0.1, 0.15) is 0 Å². The molecule has 0 spiro atoms. The second-order valence-corrected chi connectivity index (χ2v) is 5.49. The van der Waals surface area contributed by atoms with Gasteiger partial charge in [0, 0.05) is 16.3 Å². The van der Waals surface area contributed by atoms with Gasteiger partial charge in [-0.2, -0.15) is 0 Å². The Morgan fingerprint density at radius 3 is 3.06 bits per heavy atom. The van der Waals surface area contributed by atoms with Crippen LogP contribution in [0.2, 0.25) is 5.02 Å². The number of benzene rings is 1. The molecule has 0 unspecified atom stereocenters. The molecule has 5 heteroatoms. The standard InChI is InChI=1S/C13H13ClIN3/c1-3-6-16-13-17-9(2)8-18(13)12-7-10(15)4-5-11(12)14/h3-5,7-8H,1,6H2,2H3,(H,16,17). The molecule has 1 heterocycles. The minimum atomic E-state index is 0.665. The number of nitrogens with one attached hydrogen (secondary N) is 1. The van der Waals surface area contributed by atoms with E-state index in [9.17, 15) is 0 Å². The molecule has 0 aliphatic heterocycles. The topological polar surface area (TPSA) is 29.9 Å². The summed E-state index contributed by atoms with van der Waals surface area (Å²) in [6, 6.07) is 5.90. The molecule has 0 saturated heterocycles. The molecule has 0 aliphatic rings. The third-order valence-electron chi connectivity index (χ3n) is 2.40. The van der Waals surface area contributed by atoms with Crippen LogP contribution in [0.4, 0.5) is 5.95 Å². The molecule has 1 aromatic carbocycles. The zero-order valence-electron chi connectivity index (χ0n) is 9.95. The molecule has 2 rings (SSSR count). The van der Waals surface area contributed by atoms with Crippen LogP contribution in [-0.4, -0.2) is 16.1 Å². The lowest BCUT2D eigenvalue weighted by Gasteiger charge is -2.10. The highest BCUT2D eigenvalue weighted by molar-refractivity contribution is 14.1. The average Bonchev–Trinajstić information content (AvgIpc) is 2.71. The summed E-state index contributed by atoms with van der Waals surface area (Å²) in [7, 11) is 0. The van der Waals surface area contributed by atoms with E-state index in [1.807, 2.05) is 35.9 Å². The lowest BCUT2D eigenvalue weighted by molar-refractivity contribution is 1.04. The summed E-state index contributed by atoms with van der Waals surface area (Å²) in [5, 5.41) is 3.90. The smallest absolute Gasteiger partial charge is 0.208 e. The van der Waals surface area contributed by atoms with Crippen LogP contribution in [0.5, 0.6) is 0 Å². The predicted octanol–water partition coefficient (Wildman–Crippen LogP) is 4.04. The van der Waals surface area contributed by atoms with Gasteiger partial charge in [0.2, 0.25) is 5.95 Å². The fraction of sp³-hybridized carbons (Fsp3) is 0.154. The molecular weight excluding hydrogens is 361 g/mol. The second kappa shape index (κ2) is 5.75. The van der Waals surface area contributed by atoms with E-state index in [-0.39, 0.29) is 0 Å². The first kappa shape index (κ1) is 13.4. The van der Waals surface area contributed by atoms with Crippen LogP contribution in [0.3, 0.4) is 0 Å². The Hall–Kier alpha value is -1.01. The molecule has 3 nitrogen and oxygen atoms in total. The summed E-state index contributed by atoms with van der Waals surface area (Å²) < 4.78 is 3.09. The Kier molecular flexibility index (Phi) is 4.29. The number of aromatic nitrogens is 2. The van der Waals surface area contributed by atoms with Crippen LogP contribution < -0.4 is 5.32 Å². The summed E-state index contributed by atoms with van der Waals surface area (Å²) in [6.45, 7) is 6.31. The molecule has 18 heavy (non-hydrogen) atoms. The number of anilines is 1. The highest BCUT2D eigenvalue weighted by atomic mass is 127. The number of rotatable bonds is 4. The lowest BCUT2D eigenvalue weighted by atomic mass is 10.3. The maximum atomic E-state index is 6.25. The van der Waals surface area contributed by atoms with Crippen molar-refractivity contribution < 1.29 is 0 Å². The van der Waals surface area contributed by atoms with Crippen molar-refractivity contribution in [1.29, 1.82) is 0 Å². The van der Waals surface area contributed by atoms with Gasteiger partial charge in [0.25, 0.3) is 0 Å². The third-order valence-corrected chi connectivity index (χ3v) is 3.39. The van der Waals surface area contributed by atoms with E-state index in [4.69, 9.17) is 11.6 Å². The van der Waals surface area contributed by atoms with Gasteiger partial charge >= 0.3 is 0 Å². The maximum absolute atomic E-state index is 6.25. The summed E-state index contributed by atoms with van der Waals surface area (Å²) in [5.41, 5.74) is 1.87. The molecule has 0 bridgehead atoms. The summed E-state index contributed by atoms with van der Waals surface area (Å²) in [6.07, 6.45) is 3.76. The SMILES string of the molecule is C=CCNc1nc(C)cn1-c1cc(I)ccc1Cl. The summed E-state index contributed by atoms with van der Waals surface area (Å²) in [4.78, 5) is 4.44. The molecule has 94 valence electrons. The van der Waals surface area contributed by atoms with E-state index in [1.165, 1.54) is 0 Å². The van der Waals surface area contributed by atoms with Crippen molar-refractivity contribution in [2.45, 2.75) is 6.92 Å². The quantitative estimate of drug-likeness (QED) is 0.647. The van der Waals surface area contributed by atoms with Crippen LogP contribution in [0.25, 0.3) is 5.69 Å². The minimum absolute atomic E-state index is 0.665. The predicted molar refractivity (Wildman–Crippen MR) is 84.7 cm³/mol. The molecule has 0 fully saturated rings. The zero-order valence-corrected chi connectivity index (χ0v) is 12.9. The number of hydrogen-bond acceptors (Lipinski definition) is 2. The van der Waals surface area contributed by atoms with Crippen molar-refractivity contribution in [3.8, 4) is 5.69 Å². The molecule has 0 amide bonds. The number of halogens is 2. The molecule has 0 aliphatic carbocycles. The van der Waals surface area contributed by atoms with Crippen LogP contribution >= 0.6 is 34.2 Å². The molecule has 0 radical (unpaired) electrons. The van der Waals surface area contributed by atoms with E-state index in [0.717, 1.165) is 20.9 Å². The van der Waals surface area contributed by atoms with Gasteiger partial charge < -0.3 is 5.32 Å². The fourth-order valence-corrected chi connectivity index (χ4v) is 2.32. The molecule has 0 saturated carbocycles. The van der Waals surface area contributed by atoms with Gasteiger partial charge in [-0.25, -0.2) is 4.98 Å². The van der Waals surface area contributed by atoms with Gasteiger partial charge in [-0.3, -0.25) is 4.57 Å². The van der Waals surface area contributed by atoms with Crippen molar-refractivity contribution in [2.24, 2.45) is 0 Å². The monoisotopic (exact) mass is 373 g/mol. The largest absolute Gasteiger partial charge is 0.352 e. The van der Waals surface area contributed by atoms with Gasteiger partial charge in [-0.1, -0.05) is 17.7 Å². The van der Waals surface area contributed by atoms with E-state index < -0.39 is 0 Å². The lowest BCUT2D eigenvalue weighted by Crippen LogP contribution is -2.06. The first-order valence-electron chi connectivity index (χ1n) is 5.48. The Morgan fingerprint density at radius 1 is 1.56 bits per heavy atom. The van der Waals surface area contributed by atoms with Crippen LogP contribution in [0.15, 0.2) is 37.1 Å². The van der Waals surface area contributed by atoms with Crippen molar-refractivity contribution in [3.63, 3.8) is 0 Å². The highest BCUT2D eigenvalue weighted by Crippen LogP contribution is 2.26. The van der Waals surface area contributed by atoms with Crippen molar-refractivity contribution in [2.75, 3.05) is 11.9 Å². The van der Waals surface area contributed by atoms with Gasteiger partial charge in [-0.05, 0) is 47.7 Å². The Morgan fingerprint density at radius 2 is 2.33 bits per heavy atom. The molecule has 1 N–H and O–H groups in total. The van der Waals surface area contributed by atoms with Gasteiger partial charge in [0.05, 0.1) is 16.4 Å². The number of hydrogen-bond donors (Lipinski definition) is 1. The van der Waals surface area contributed by atoms with Gasteiger partial charge in [-0.15, -0.1) is 6.58 Å². The van der Waals surface area contributed by atoms with Crippen molar-refractivity contribution >= 4 is 40.1 Å². The van der Waals surface area contributed by atoms with Crippen LogP contribution in [0.1, 0.15) is 5.69 Å².